The van der Waals surface area contributed by atoms with E-state index < -0.39 is 4.92 Å². The molecule has 0 aliphatic heterocycles. The summed E-state index contributed by atoms with van der Waals surface area (Å²) >= 11 is 0. The number of unbranched alkanes of at least 4 members (excludes halogenated alkanes) is 1. The van der Waals surface area contributed by atoms with Crippen molar-refractivity contribution in [2.24, 2.45) is 0 Å². The molecule has 6 heteroatoms. The van der Waals surface area contributed by atoms with Gasteiger partial charge in [-0.3, -0.25) is 14.9 Å². The van der Waals surface area contributed by atoms with Gasteiger partial charge in [0.25, 0.3) is 5.69 Å². The van der Waals surface area contributed by atoms with Crippen molar-refractivity contribution in [3.63, 3.8) is 0 Å². The molecule has 2 N–H and O–H groups in total. The van der Waals surface area contributed by atoms with Crippen molar-refractivity contribution < 1.29 is 14.8 Å². The van der Waals surface area contributed by atoms with Crippen molar-refractivity contribution in [2.75, 3.05) is 11.9 Å². The predicted octanol–water partition coefficient (Wildman–Crippen LogP) is 2.00. The Balaban J connectivity index is 2.70. The standard InChI is InChI=1S/C12H16N2O4/c1-9-10(5-4-6-11(9)14(17)18)13-12(16)7-2-3-8-15/h4-6,15H,2-3,7-8H2,1H3,(H,13,16). The molecule has 1 rings (SSSR count). The van der Waals surface area contributed by atoms with Crippen LogP contribution in [0.5, 0.6) is 0 Å². The van der Waals surface area contributed by atoms with Crippen LogP contribution in [0.1, 0.15) is 24.8 Å². The number of nitro groups is 1. The van der Waals surface area contributed by atoms with E-state index in [2.05, 4.69) is 5.32 Å². The molecule has 98 valence electrons. The molecule has 0 fully saturated rings. The summed E-state index contributed by atoms with van der Waals surface area (Å²) in [6.45, 7) is 1.66. The minimum absolute atomic E-state index is 0.0110. The minimum atomic E-state index is -0.475. The molecular weight excluding hydrogens is 236 g/mol. The lowest BCUT2D eigenvalue weighted by Gasteiger charge is -2.08. The van der Waals surface area contributed by atoms with Crippen LogP contribution < -0.4 is 5.32 Å². The Morgan fingerprint density at radius 1 is 1.44 bits per heavy atom. The summed E-state index contributed by atoms with van der Waals surface area (Å²) < 4.78 is 0. The number of aliphatic hydroxyl groups is 1. The Labute approximate surface area is 105 Å². The molecule has 0 saturated carbocycles. The zero-order chi connectivity index (χ0) is 13.5. The van der Waals surface area contributed by atoms with Crippen LogP contribution in [-0.2, 0) is 4.79 Å². The molecule has 0 bridgehead atoms. The van der Waals surface area contributed by atoms with E-state index in [4.69, 9.17) is 5.11 Å². The van der Waals surface area contributed by atoms with Crippen LogP contribution in [0.4, 0.5) is 11.4 Å². The topological polar surface area (TPSA) is 92.5 Å². The van der Waals surface area contributed by atoms with Crippen molar-refractivity contribution in [1.82, 2.24) is 0 Å². The van der Waals surface area contributed by atoms with Gasteiger partial charge in [-0.15, -0.1) is 0 Å². The maximum Gasteiger partial charge on any atom is 0.274 e. The summed E-state index contributed by atoms with van der Waals surface area (Å²) in [6, 6.07) is 4.57. The molecule has 0 heterocycles. The van der Waals surface area contributed by atoms with Gasteiger partial charge in [0.05, 0.1) is 16.2 Å². The Morgan fingerprint density at radius 2 is 2.17 bits per heavy atom. The molecule has 18 heavy (non-hydrogen) atoms. The number of hydrogen-bond donors (Lipinski definition) is 2. The second kappa shape index (κ2) is 6.70. The van der Waals surface area contributed by atoms with Gasteiger partial charge in [-0.05, 0) is 25.8 Å². The Kier molecular flexibility index (Phi) is 5.26. The highest BCUT2D eigenvalue weighted by atomic mass is 16.6. The molecule has 6 nitrogen and oxygen atoms in total. The van der Waals surface area contributed by atoms with E-state index in [0.29, 0.717) is 30.5 Å². The average Bonchev–Trinajstić information content (AvgIpc) is 2.32. The highest BCUT2D eigenvalue weighted by Gasteiger charge is 2.14. The quantitative estimate of drug-likeness (QED) is 0.460. The summed E-state index contributed by atoms with van der Waals surface area (Å²) in [6.07, 6.45) is 1.46. The van der Waals surface area contributed by atoms with Crippen LogP contribution in [0.15, 0.2) is 18.2 Å². The highest BCUT2D eigenvalue weighted by molar-refractivity contribution is 5.92. The molecule has 0 spiro atoms. The number of benzene rings is 1. The first-order valence-electron chi connectivity index (χ1n) is 5.71. The van der Waals surface area contributed by atoms with Crippen LogP contribution in [0, 0.1) is 17.0 Å². The maximum absolute atomic E-state index is 11.6. The number of nitrogens with one attached hydrogen (secondary N) is 1. The van der Waals surface area contributed by atoms with Crippen molar-refractivity contribution in [3.8, 4) is 0 Å². The van der Waals surface area contributed by atoms with Gasteiger partial charge in [0.15, 0.2) is 0 Å². The zero-order valence-corrected chi connectivity index (χ0v) is 10.2. The summed E-state index contributed by atoms with van der Waals surface area (Å²) in [5.74, 6) is -0.202. The monoisotopic (exact) mass is 252 g/mol. The molecule has 0 aliphatic rings. The fourth-order valence-corrected chi connectivity index (χ4v) is 1.57. The maximum atomic E-state index is 11.6. The fourth-order valence-electron chi connectivity index (χ4n) is 1.57. The number of rotatable bonds is 6. The fraction of sp³-hybridized carbons (Fsp3) is 0.417. The average molecular weight is 252 g/mol. The van der Waals surface area contributed by atoms with Gasteiger partial charge >= 0.3 is 0 Å². The van der Waals surface area contributed by atoms with E-state index in [1.54, 1.807) is 13.0 Å². The molecule has 0 radical (unpaired) electrons. The van der Waals surface area contributed by atoms with Crippen molar-refractivity contribution >= 4 is 17.3 Å². The van der Waals surface area contributed by atoms with Crippen LogP contribution in [0.3, 0.4) is 0 Å². The molecule has 0 saturated heterocycles. The molecule has 0 unspecified atom stereocenters. The lowest BCUT2D eigenvalue weighted by molar-refractivity contribution is -0.385. The smallest absolute Gasteiger partial charge is 0.274 e. The number of carbonyl (C=O) groups is 1. The molecule has 1 amide bonds. The lowest BCUT2D eigenvalue weighted by Crippen LogP contribution is -2.12. The summed E-state index contributed by atoms with van der Waals surface area (Å²) in [7, 11) is 0. The van der Waals surface area contributed by atoms with Gasteiger partial charge in [0.2, 0.25) is 5.91 Å². The third kappa shape index (κ3) is 3.81. The van der Waals surface area contributed by atoms with E-state index >= 15 is 0 Å². The number of amides is 1. The molecule has 0 atom stereocenters. The Hall–Kier alpha value is -1.95. The van der Waals surface area contributed by atoms with Gasteiger partial charge in [0.1, 0.15) is 0 Å². The normalized spacial score (nSPS) is 10.1. The van der Waals surface area contributed by atoms with Gasteiger partial charge in [-0.1, -0.05) is 6.07 Å². The minimum Gasteiger partial charge on any atom is -0.396 e. The van der Waals surface area contributed by atoms with Crippen molar-refractivity contribution in [2.45, 2.75) is 26.2 Å². The van der Waals surface area contributed by atoms with Crippen molar-refractivity contribution in [3.05, 3.63) is 33.9 Å². The van der Waals surface area contributed by atoms with Crippen LogP contribution >= 0.6 is 0 Å². The number of carbonyl (C=O) groups excluding carboxylic acids is 1. The summed E-state index contributed by atoms with van der Waals surface area (Å²) in [4.78, 5) is 21.8. The number of nitrogens with zero attached hydrogens (tertiary/aromatic N) is 1. The van der Waals surface area contributed by atoms with Crippen LogP contribution in [-0.4, -0.2) is 22.5 Å². The van der Waals surface area contributed by atoms with Gasteiger partial charge in [-0.25, -0.2) is 0 Å². The second-order valence-electron chi connectivity index (χ2n) is 3.94. The molecule has 1 aromatic carbocycles. The van der Waals surface area contributed by atoms with Gasteiger partial charge in [0, 0.05) is 19.1 Å². The summed E-state index contributed by atoms with van der Waals surface area (Å²) in [5, 5.41) is 22.0. The lowest BCUT2D eigenvalue weighted by atomic mass is 10.1. The number of anilines is 1. The van der Waals surface area contributed by atoms with Gasteiger partial charge in [-0.2, -0.15) is 0 Å². The van der Waals surface area contributed by atoms with E-state index in [1.807, 2.05) is 0 Å². The third-order valence-corrected chi connectivity index (χ3v) is 2.59. The molecular formula is C12H16N2O4. The van der Waals surface area contributed by atoms with E-state index in [0.717, 1.165) is 0 Å². The Bertz CT molecular complexity index is 446. The number of aliphatic hydroxyl groups excluding tert-OH is 1. The van der Waals surface area contributed by atoms with Crippen LogP contribution in [0.25, 0.3) is 0 Å². The highest BCUT2D eigenvalue weighted by Crippen LogP contribution is 2.25. The van der Waals surface area contributed by atoms with E-state index in [-0.39, 0.29) is 18.2 Å². The van der Waals surface area contributed by atoms with E-state index in [9.17, 15) is 14.9 Å². The number of hydrogen-bond acceptors (Lipinski definition) is 4. The van der Waals surface area contributed by atoms with Gasteiger partial charge < -0.3 is 10.4 Å². The first kappa shape index (κ1) is 14.1. The Morgan fingerprint density at radius 3 is 2.78 bits per heavy atom. The molecule has 0 aromatic heterocycles. The second-order valence-corrected chi connectivity index (χ2v) is 3.94. The first-order chi connectivity index (χ1) is 8.56. The number of nitro benzene ring substituents is 1. The zero-order valence-electron chi connectivity index (χ0n) is 10.2. The molecule has 1 aromatic rings. The SMILES string of the molecule is Cc1c(NC(=O)CCCCO)cccc1[N+](=O)[O-]. The third-order valence-electron chi connectivity index (χ3n) is 2.59. The summed E-state index contributed by atoms with van der Waals surface area (Å²) in [5.41, 5.74) is 0.888. The first-order valence-corrected chi connectivity index (χ1v) is 5.71. The van der Waals surface area contributed by atoms with E-state index in [1.165, 1.54) is 12.1 Å². The molecule has 0 aliphatic carbocycles. The predicted molar refractivity (Wildman–Crippen MR) is 67.4 cm³/mol. The largest absolute Gasteiger partial charge is 0.396 e. The van der Waals surface area contributed by atoms with Crippen molar-refractivity contribution in [1.29, 1.82) is 0 Å². The van der Waals surface area contributed by atoms with Crippen LogP contribution in [0.2, 0.25) is 0 Å².